The van der Waals surface area contributed by atoms with Crippen molar-refractivity contribution >= 4 is 27.7 Å². The molecule has 1 aromatic heterocycles. The second kappa shape index (κ2) is 4.44. The van der Waals surface area contributed by atoms with Gasteiger partial charge < -0.3 is 5.32 Å². The highest BCUT2D eigenvalue weighted by atomic mass is 79.9. The van der Waals surface area contributed by atoms with E-state index in [0.717, 1.165) is 6.07 Å². The molecule has 0 saturated heterocycles. The summed E-state index contributed by atoms with van der Waals surface area (Å²) in [4.78, 5) is 11.7. The van der Waals surface area contributed by atoms with E-state index in [2.05, 4.69) is 31.4 Å². The van der Waals surface area contributed by atoms with E-state index >= 15 is 0 Å². The van der Waals surface area contributed by atoms with Crippen LogP contribution in [0.25, 0.3) is 0 Å². The topological polar surface area (TPSA) is 57.8 Å². The van der Waals surface area contributed by atoms with Crippen LogP contribution in [0.4, 0.5) is 10.2 Å². The molecule has 0 unspecified atom stereocenters. The molecular weight excluding hydrogens is 277 g/mol. The smallest absolute Gasteiger partial charge is 0.256 e. The second-order valence-corrected chi connectivity index (χ2v) is 4.00. The summed E-state index contributed by atoms with van der Waals surface area (Å²) in [5.41, 5.74) is 0.237. The van der Waals surface area contributed by atoms with Crippen LogP contribution in [0, 0.1) is 5.82 Å². The van der Waals surface area contributed by atoms with Crippen molar-refractivity contribution in [2.24, 2.45) is 0 Å². The van der Waals surface area contributed by atoms with E-state index < -0.39 is 11.7 Å². The van der Waals surface area contributed by atoms with Crippen LogP contribution >= 0.6 is 15.9 Å². The zero-order valence-electron chi connectivity index (χ0n) is 8.00. The standard InChI is InChI=1S/C10H7BrFN3O/c11-7-3-6(4-8(12)5-7)10(16)14-9-1-2-13-15-9/h1-5H,(H2,13,14,15,16). The van der Waals surface area contributed by atoms with Gasteiger partial charge in [0, 0.05) is 16.1 Å². The van der Waals surface area contributed by atoms with Crippen LogP contribution in [0.2, 0.25) is 0 Å². The minimum atomic E-state index is -0.468. The van der Waals surface area contributed by atoms with E-state index in [1.807, 2.05) is 0 Å². The predicted octanol–water partition coefficient (Wildman–Crippen LogP) is 2.56. The summed E-state index contributed by atoms with van der Waals surface area (Å²) in [6.45, 7) is 0. The van der Waals surface area contributed by atoms with Gasteiger partial charge in [0.15, 0.2) is 0 Å². The van der Waals surface area contributed by atoms with E-state index in [1.165, 1.54) is 18.3 Å². The van der Waals surface area contributed by atoms with Crippen LogP contribution in [-0.4, -0.2) is 16.1 Å². The number of carbonyl (C=O) groups excluding carboxylic acids is 1. The van der Waals surface area contributed by atoms with Gasteiger partial charge in [-0.25, -0.2) is 4.39 Å². The highest BCUT2D eigenvalue weighted by Crippen LogP contribution is 2.15. The summed E-state index contributed by atoms with van der Waals surface area (Å²) in [5, 5.41) is 8.81. The Bertz CT molecular complexity index is 493. The number of nitrogens with one attached hydrogen (secondary N) is 2. The maximum absolute atomic E-state index is 13.0. The van der Waals surface area contributed by atoms with Crippen molar-refractivity contribution in [3.8, 4) is 0 Å². The molecule has 4 nitrogen and oxygen atoms in total. The van der Waals surface area contributed by atoms with Gasteiger partial charge in [0.1, 0.15) is 11.6 Å². The summed E-state index contributed by atoms with van der Waals surface area (Å²) < 4.78 is 13.6. The molecule has 2 rings (SSSR count). The number of rotatable bonds is 2. The number of amides is 1. The van der Waals surface area contributed by atoms with E-state index in [-0.39, 0.29) is 5.56 Å². The van der Waals surface area contributed by atoms with E-state index in [4.69, 9.17) is 0 Å². The van der Waals surface area contributed by atoms with Crippen molar-refractivity contribution in [1.29, 1.82) is 0 Å². The van der Waals surface area contributed by atoms with Gasteiger partial charge in [-0.15, -0.1) is 0 Å². The van der Waals surface area contributed by atoms with Crippen LogP contribution < -0.4 is 5.32 Å². The average molecular weight is 284 g/mol. The first-order valence-corrected chi connectivity index (χ1v) is 5.21. The number of anilines is 1. The van der Waals surface area contributed by atoms with Crippen molar-refractivity contribution in [3.05, 3.63) is 46.3 Å². The Labute approximate surface area is 99.0 Å². The summed E-state index contributed by atoms with van der Waals surface area (Å²) in [7, 11) is 0. The summed E-state index contributed by atoms with van der Waals surface area (Å²) in [5.74, 6) is -0.404. The van der Waals surface area contributed by atoms with Crippen LogP contribution in [0.3, 0.4) is 0 Å². The molecule has 0 aliphatic heterocycles. The van der Waals surface area contributed by atoms with Crippen molar-refractivity contribution in [2.75, 3.05) is 5.32 Å². The highest BCUT2D eigenvalue weighted by Gasteiger charge is 2.08. The third-order valence-corrected chi connectivity index (χ3v) is 2.33. The monoisotopic (exact) mass is 283 g/mol. The van der Waals surface area contributed by atoms with Crippen molar-refractivity contribution in [3.63, 3.8) is 0 Å². The van der Waals surface area contributed by atoms with Crippen LogP contribution in [0.1, 0.15) is 10.4 Å². The van der Waals surface area contributed by atoms with E-state index in [9.17, 15) is 9.18 Å². The molecule has 2 N–H and O–H groups in total. The minimum absolute atomic E-state index is 0.237. The Hall–Kier alpha value is -1.69. The lowest BCUT2D eigenvalue weighted by molar-refractivity contribution is 0.102. The molecule has 82 valence electrons. The van der Waals surface area contributed by atoms with Crippen LogP contribution in [0.15, 0.2) is 34.9 Å². The maximum atomic E-state index is 13.0. The van der Waals surface area contributed by atoms with Gasteiger partial charge in [0.05, 0.1) is 6.20 Å². The predicted molar refractivity (Wildman–Crippen MR) is 60.6 cm³/mol. The number of H-pyrrole nitrogens is 1. The van der Waals surface area contributed by atoms with Gasteiger partial charge in [0.2, 0.25) is 0 Å². The highest BCUT2D eigenvalue weighted by molar-refractivity contribution is 9.10. The molecule has 1 amide bonds. The molecule has 0 spiro atoms. The fourth-order valence-electron chi connectivity index (χ4n) is 1.20. The Kier molecular flexibility index (Phi) is 3.00. The van der Waals surface area contributed by atoms with Gasteiger partial charge in [-0.05, 0) is 18.2 Å². The molecule has 1 heterocycles. The molecule has 1 aromatic carbocycles. The number of hydrogen-bond acceptors (Lipinski definition) is 2. The third kappa shape index (κ3) is 2.46. The number of aromatic amines is 1. The zero-order valence-corrected chi connectivity index (χ0v) is 9.58. The number of carbonyl (C=O) groups is 1. The van der Waals surface area contributed by atoms with Gasteiger partial charge in [-0.2, -0.15) is 5.10 Å². The Morgan fingerprint density at radius 1 is 1.44 bits per heavy atom. The molecule has 0 fully saturated rings. The molecule has 0 atom stereocenters. The molecule has 0 saturated carbocycles. The number of aromatic nitrogens is 2. The lowest BCUT2D eigenvalue weighted by Gasteiger charge is -2.03. The third-order valence-electron chi connectivity index (χ3n) is 1.87. The number of hydrogen-bond donors (Lipinski definition) is 2. The molecule has 2 aromatic rings. The lowest BCUT2D eigenvalue weighted by Crippen LogP contribution is -2.12. The molecule has 0 radical (unpaired) electrons. The van der Waals surface area contributed by atoms with Gasteiger partial charge in [0.25, 0.3) is 5.91 Å². The fraction of sp³-hybridized carbons (Fsp3) is 0. The van der Waals surface area contributed by atoms with Crippen LogP contribution in [-0.2, 0) is 0 Å². The van der Waals surface area contributed by atoms with Gasteiger partial charge in [-0.1, -0.05) is 15.9 Å². The van der Waals surface area contributed by atoms with E-state index in [1.54, 1.807) is 6.07 Å². The number of halogens is 2. The van der Waals surface area contributed by atoms with Gasteiger partial charge >= 0.3 is 0 Å². The van der Waals surface area contributed by atoms with Crippen molar-refractivity contribution < 1.29 is 9.18 Å². The molecule has 0 aliphatic carbocycles. The number of nitrogens with zero attached hydrogens (tertiary/aromatic N) is 1. The van der Waals surface area contributed by atoms with E-state index in [0.29, 0.717) is 10.3 Å². The first-order valence-electron chi connectivity index (χ1n) is 4.42. The first-order chi connectivity index (χ1) is 7.65. The number of benzene rings is 1. The normalized spacial score (nSPS) is 10.1. The quantitative estimate of drug-likeness (QED) is 0.890. The Morgan fingerprint density at radius 3 is 2.88 bits per heavy atom. The maximum Gasteiger partial charge on any atom is 0.256 e. The first kappa shape index (κ1) is 10.8. The van der Waals surface area contributed by atoms with Crippen molar-refractivity contribution in [2.45, 2.75) is 0 Å². The average Bonchev–Trinajstić information content (AvgIpc) is 2.68. The minimum Gasteiger partial charge on any atom is -0.307 e. The summed E-state index contributed by atoms with van der Waals surface area (Å²) in [6.07, 6.45) is 1.51. The Morgan fingerprint density at radius 2 is 2.25 bits per heavy atom. The Balaban J connectivity index is 2.21. The zero-order chi connectivity index (χ0) is 11.5. The SMILES string of the molecule is O=C(Nc1ccn[nH]1)c1cc(F)cc(Br)c1. The fourth-order valence-corrected chi connectivity index (χ4v) is 1.67. The molecule has 6 heteroatoms. The molecule has 0 aliphatic rings. The van der Waals surface area contributed by atoms with Crippen LogP contribution in [0.5, 0.6) is 0 Å². The largest absolute Gasteiger partial charge is 0.307 e. The summed E-state index contributed by atoms with van der Waals surface area (Å²) in [6, 6.07) is 5.59. The second-order valence-electron chi connectivity index (χ2n) is 3.08. The summed E-state index contributed by atoms with van der Waals surface area (Å²) >= 11 is 3.12. The lowest BCUT2D eigenvalue weighted by atomic mass is 10.2. The van der Waals surface area contributed by atoms with Gasteiger partial charge in [-0.3, -0.25) is 9.89 Å². The molecular formula is C10H7BrFN3O. The van der Waals surface area contributed by atoms with Crippen molar-refractivity contribution in [1.82, 2.24) is 10.2 Å². The molecule has 16 heavy (non-hydrogen) atoms. The molecule has 0 bridgehead atoms.